The molecule has 0 aromatic carbocycles. The highest BCUT2D eigenvalue weighted by Crippen LogP contribution is 2.22. The molecule has 0 bridgehead atoms. The Bertz CT molecular complexity index is 280. The van der Waals surface area contributed by atoms with E-state index < -0.39 is 12.1 Å². The zero-order chi connectivity index (χ0) is 17.4. The average Bonchev–Trinajstić information content (AvgIpc) is 2.54. The monoisotopic (exact) mass is 318 g/mol. The van der Waals surface area contributed by atoms with E-state index in [1.807, 2.05) is 27.7 Å². The minimum absolute atomic E-state index is 0.446. The Morgan fingerprint density at radius 3 is 2.05 bits per heavy atom. The number of urea groups is 1. The summed E-state index contributed by atoms with van der Waals surface area (Å²) in [7, 11) is 0. The topological polar surface area (TPSA) is 119 Å². The van der Waals surface area contributed by atoms with Crippen molar-refractivity contribution in [1.82, 2.24) is 10.6 Å². The molecule has 0 aromatic heterocycles. The molecule has 1 aliphatic carbocycles. The zero-order valence-electron chi connectivity index (χ0n) is 14.5. The molecule has 0 radical (unpaired) electrons. The summed E-state index contributed by atoms with van der Waals surface area (Å²) in [5.74, 6) is 5.77. The molecule has 1 aliphatic rings. The van der Waals surface area contributed by atoms with Gasteiger partial charge in [-0.25, -0.2) is 9.59 Å². The van der Waals surface area contributed by atoms with Crippen LogP contribution in [0.2, 0.25) is 0 Å². The van der Waals surface area contributed by atoms with Gasteiger partial charge < -0.3 is 21.2 Å². The molecule has 0 unspecified atom stereocenters. The van der Waals surface area contributed by atoms with Crippen LogP contribution in [0.5, 0.6) is 0 Å². The van der Waals surface area contributed by atoms with E-state index in [2.05, 4.69) is 21.4 Å². The van der Waals surface area contributed by atoms with Crippen LogP contribution < -0.4 is 22.3 Å². The number of rotatable bonds is 4. The second-order valence-corrected chi connectivity index (χ2v) is 5.43. The number of carbonyl (C=O) groups is 2. The summed E-state index contributed by atoms with van der Waals surface area (Å²) in [5, 5.41) is 5.10. The molecular weight excluding hydrogens is 284 g/mol. The Kier molecular flexibility index (Phi) is 16.4. The molecule has 0 spiro atoms. The normalized spacial score (nSPS) is 13.9. The molecule has 7 nitrogen and oxygen atoms in total. The molecule has 1 rings (SSSR count). The fourth-order valence-corrected chi connectivity index (χ4v) is 1.97. The average molecular weight is 318 g/mol. The van der Waals surface area contributed by atoms with Crippen LogP contribution in [-0.4, -0.2) is 25.2 Å². The summed E-state index contributed by atoms with van der Waals surface area (Å²) in [5.41, 5.74) is 4.79. The van der Waals surface area contributed by atoms with Crippen LogP contribution in [0, 0.1) is 11.8 Å². The van der Waals surface area contributed by atoms with Gasteiger partial charge in [0, 0.05) is 13.1 Å². The molecule has 0 heterocycles. The lowest BCUT2D eigenvalue weighted by molar-refractivity contribution is 0.145. The van der Waals surface area contributed by atoms with Crippen LogP contribution in [-0.2, 0) is 4.84 Å². The summed E-state index contributed by atoms with van der Waals surface area (Å²) in [6, 6.07) is -0.446. The highest BCUT2D eigenvalue weighted by Gasteiger charge is 2.13. The second kappa shape index (κ2) is 15.9. The highest BCUT2D eigenvalue weighted by molar-refractivity contribution is 5.71. The number of primary amides is 1. The minimum atomic E-state index is -0.527. The van der Waals surface area contributed by atoms with Crippen LogP contribution in [0.25, 0.3) is 0 Å². The minimum Gasteiger partial charge on any atom is -0.357 e. The van der Waals surface area contributed by atoms with Crippen LogP contribution in [0.4, 0.5) is 9.59 Å². The number of carbonyl (C=O) groups excluding carboxylic acids is 2. The Morgan fingerprint density at radius 1 is 1.14 bits per heavy atom. The van der Waals surface area contributed by atoms with Crippen molar-refractivity contribution in [3.63, 3.8) is 0 Å². The van der Waals surface area contributed by atoms with E-state index in [0.29, 0.717) is 24.9 Å². The number of hydrogen-bond acceptors (Lipinski definition) is 4. The molecule has 3 amide bonds. The lowest BCUT2D eigenvalue weighted by Gasteiger charge is -2.21. The molecule has 22 heavy (non-hydrogen) atoms. The number of hydrogen-bond donors (Lipinski definition) is 4. The molecule has 1 saturated carbocycles. The largest absolute Gasteiger partial charge is 0.425 e. The maximum atomic E-state index is 10.6. The van der Waals surface area contributed by atoms with Gasteiger partial charge in [0.15, 0.2) is 0 Å². The maximum Gasteiger partial charge on any atom is 0.425 e. The first kappa shape index (κ1) is 22.8. The van der Waals surface area contributed by atoms with Crippen molar-refractivity contribution in [3.05, 3.63) is 0 Å². The smallest absolute Gasteiger partial charge is 0.357 e. The summed E-state index contributed by atoms with van der Waals surface area (Å²) in [6.07, 6.45) is 5.79. The van der Waals surface area contributed by atoms with Crippen molar-refractivity contribution < 1.29 is 14.4 Å². The first-order valence-electron chi connectivity index (χ1n) is 8.13. The third-order valence-corrected chi connectivity index (χ3v) is 3.05. The standard InChI is InChI=1S/C8H16N2O2.C5H12N2O.C2H6/c9-12-8(11)10-6-7-4-2-1-3-5-7;1-4(2)3-7-5(6)8;1-2/h7H,1-6,9H2,(H,10,11);4H,3H2,1-2H3,(H3,6,7,8);1-2H3. The molecule has 7 heteroatoms. The summed E-state index contributed by atoms with van der Waals surface area (Å²) in [4.78, 5) is 24.6. The van der Waals surface area contributed by atoms with Crippen LogP contribution in [0.3, 0.4) is 0 Å². The van der Waals surface area contributed by atoms with E-state index in [1.54, 1.807) is 0 Å². The van der Waals surface area contributed by atoms with Crippen molar-refractivity contribution in [3.8, 4) is 0 Å². The summed E-state index contributed by atoms with van der Waals surface area (Å²) < 4.78 is 0. The number of nitrogens with one attached hydrogen (secondary N) is 2. The molecule has 1 fully saturated rings. The maximum absolute atomic E-state index is 10.6. The molecule has 0 aliphatic heterocycles. The van der Waals surface area contributed by atoms with E-state index >= 15 is 0 Å². The van der Waals surface area contributed by atoms with Crippen molar-refractivity contribution in [2.45, 2.75) is 59.8 Å². The third-order valence-electron chi connectivity index (χ3n) is 3.05. The molecule has 0 aromatic rings. The van der Waals surface area contributed by atoms with Crippen molar-refractivity contribution >= 4 is 12.1 Å². The van der Waals surface area contributed by atoms with Gasteiger partial charge in [0.25, 0.3) is 0 Å². The van der Waals surface area contributed by atoms with E-state index in [0.717, 1.165) is 0 Å². The number of nitrogens with two attached hydrogens (primary N) is 2. The van der Waals surface area contributed by atoms with Crippen molar-refractivity contribution in [2.24, 2.45) is 23.5 Å². The Hall–Kier alpha value is -1.50. The Labute approximate surface area is 134 Å². The van der Waals surface area contributed by atoms with Gasteiger partial charge in [-0.1, -0.05) is 47.0 Å². The molecular formula is C15H34N4O3. The highest BCUT2D eigenvalue weighted by atomic mass is 16.7. The molecule has 0 saturated heterocycles. The lowest BCUT2D eigenvalue weighted by Crippen LogP contribution is -2.32. The van der Waals surface area contributed by atoms with Gasteiger partial charge in [-0.2, -0.15) is 5.90 Å². The quantitative estimate of drug-likeness (QED) is 0.595. The van der Waals surface area contributed by atoms with Gasteiger partial charge in [-0.3, -0.25) is 0 Å². The SMILES string of the molecule is CC.CC(C)CNC(N)=O.NOC(=O)NCC1CCCCC1. The van der Waals surface area contributed by atoms with Gasteiger partial charge in [0.2, 0.25) is 0 Å². The van der Waals surface area contributed by atoms with Crippen LogP contribution in [0.15, 0.2) is 0 Å². The van der Waals surface area contributed by atoms with E-state index in [4.69, 9.17) is 5.73 Å². The molecule has 132 valence electrons. The molecule has 6 N–H and O–H groups in total. The summed E-state index contributed by atoms with van der Waals surface area (Å²) >= 11 is 0. The second-order valence-electron chi connectivity index (χ2n) is 5.43. The first-order chi connectivity index (χ1) is 10.5. The van der Waals surface area contributed by atoms with Crippen LogP contribution >= 0.6 is 0 Å². The Balaban J connectivity index is 0. The van der Waals surface area contributed by atoms with E-state index in [-0.39, 0.29) is 0 Å². The fraction of sp³-hybridized carbons (Fsp3) is 0.867. The van der Waals surface area contributed by atoms with Gasteiger partial charge >= 0.3 is 12.1 Å². The first-order valence-corrected chi connectivity index (χ1v) is 8.13. The van der Waals surface area contributed by atoms with Gasteiger partial charge in [0.05, 0.1) is 0 Å². The predicted molar refractivity (Wildman–Crippen MR) is 89.0 cm³/mol. The number of amides is 3. The third kappa shape index (κ3) is 16.6. The van der Waals surface area contributed by atoms with Gasteiger partial charge in [-0.05, 0) is 24.7 Å². The van der Waals surface area contributed by atoms with Crippen molar-refractivity contribution in [1.29, 1.82) is 0 Å². The summed E-state index contributed by atoms with van der Waals surface area (Å²) in [6.45, 7) is 9.39. The molecule has 0 atom stereocenters. The van der Waals surface area contributed by atoms with Gasteiger partial charge in [0.1, 0.15) is 0 Å². The lowest BCUT2D eigenvalue weighted by atomic mass is 9.89. The van der Waals surface area contributed by atoms with E-state index in [9.17, 15) is 9.59 Å². The fourth-order valence-electron chi connectivity index (χ4n) is 1.97. The van der Waals surface area contributed by atoms with Crippen molar-refractivity contribution in [2.75, 3.05) is 13.1 Å². The van der Waals surface area contributed by atoms with Crippen LogP contribution in [0.1, 0.15) is 59.8 Å². The zero-order valence-corrected chi connectivity index (χ0v) is 14.5. The van der Waals surface area contributed by atoms with E-state index in [1.165, 1.54) is 32.1 Å². The predicted octanol–water partition coefficient (Wildman–Crippen LogP) is 2.50. The Morgan fingerprint density at radius 2 is 1.68 bits per heavy atom. The van der Waals surface area contributed by atoms with Gasteiger partial charge in [-0.15, -0.1) is 0 Å².